The molecule has 0 aliphatic carbocycles. The van der Waals surface area contributed by atoms with Crippen molar-refractivity contribution in [1.82, 2.24) is 20.6 Å². The molecule has 0 fully saturated rings. The molecule has 0 atom stereocenters. The number of amides is 1. The molecule has 3 N–H and O–H groups in total. The van der Waals surface area contributed by atoms with Crippen molar-refractivity contribution in [3.05, 3.63) is 90.2 Å². The zero-order valence-corrected chi connectivity index (χ0v) is 15.9. The van der Waals surface area contributed by atoms with Gasteiger partial charge in [0.1, 0.15) is 5.56 Å². The van der Waals surface area contributed by atoms with Crippen molar-refractivity contribution in [1.29, 1.82) is 0 Å². The Bertz CT molecular complexity index is 1270. The lowest BCUT2D eigenvalue weighted by Crippen LogP contribution is -2.41. The molecule has 1 aromatic heterocycles. The molecule has 1 amide bonds. The predicted molar refractivity (Wildman–Crippen MR) is 109 cm³/mol. The highest BCUT2D eigenvalue weighted by atomic mass is 16.6. The molecule has 148 valence electrons. The Kier molecular flexibility index (Phi) is 5.31. The number of para-hydroxylation sites is 1. The third kappa shape index (κ3) is 3.93. The highest BCUT2D eigenvalue weighted by Crippen LogP contribution is 2.16. The Morgan fingerprint density at radius 1 is 1.21 bits per heavy atom. The Morgan fingerprint density at radius 3 is 2.62 bits per heavy atom. The zero-order valence-electron chi connectivity index (χ0n) is 15.9. The summed E-state index contributed by atoms with van der Waals surface area (Å²) in [6.07, 6.45) is 1.28. The first-order valence-electron chi connectivity index (χ1n) is 8.66. The van der Waals surface area contributed by atoms with Gasteiger partial charge in [-0.15, -0.1) is 0 Å². The van der Waals surface area contributed by atoms with E-state index in [1.807, 2.05) is 32.0 Å². The van der Waals surface area contributed by atoms with E-state index in [1.54, 1.807) is 0 Å². The van der Waals surface area contributed by atoms with Gasteiger partial charge in [0.15, 0.2) is 0 Å². The van der Waals surface area contributed by atoms with E-state index < -0.39 is 10.8 Å². The Hall–Kier alpha value is -4.14. The summed E-state index contributed by atoms with van der Waals surface area (Å²) in [5.74, 6) is -0.704. The highest BCUT2D eigenvalue weighted by molar-refractivity contribution is 5.97. The number of aromatic nitrogens is 2. The number of nitro benzene ring substituents is 1. The standard InChI is InChI=1S/C20H19N5O4/c1-12-8-9-15(10-13(12)2)24-20(27)17(14(3)23-24)11-21-22-19(26)16-6-4-5-7-18(16)25(28)29/h4-11,21,23H,3H2,1-2H3,(H,22,26). The molecule has 3 aromatic rings. The first-order valence-corrected chi connectivity index (χ1v) is 8.66. The van der Waals surface area contributed by atoms with E-state index in [9.17, 15) is 19.7 Å². The molecule has 0 saturated heterocycles. The van der Waals surface area contributed by atoms with Crippen molar-refractivity contribution in [2.24, 2.45) is 0 Å². The van der Waals surface area contributed by atoms with Gasteiger partial charge in [-0.3, -0.25) is 30.2 Å². The van der Waals surface area contributed by atoms with E-state index >= 15 is 0 Å². The van der Waals surface area contributed by atoms with Crippen molar-refractivity contribution in [3.8, 4) is 5.69 Å². The van der Waals surface area contributed by atoms with E-state index in [2.05, 4.69) is 22.5 Å². The van der Waals surface area contributed by atoms with Crippen LogP contribution < -0.4 is 27.0 Å². The number of H-pyrrole nitrogens is 1. The average molecular weight is 393 g/mol. The van der Waals surface area contributed by atoms with Gasteiger partial charge in [0.25, 0.3) is 17.2 Å². The Balaban J connectivity index is 1.85. The summed E-state index contributed by atoms with van der Waals surface area (Å²) in [4.78, 5) is 35.3. The molecule has 1 heterocycles. The number of carbonyl (C=O) groups is 1. The molecule has 3 rings (SSSR count). The predicted octanol–water partition coefficient (Wildman–Crippen LogP) is 0.774. The molecular formula is C20H19N5O4. The number of nitrogens with one attached hydrogen (secondary N) is 3. The zero-order chi connectivity index (χ0) is 21.1. The molecule has 0 spiro atoms. The Morgan fingerprint density at radius 2 is 1.93 bits per heavy atom. The number of aryl methyl sites for hydroxylation is 2. The molecule has 0 bridgehead atoms. The van der Waals surface area contributed by atoms with Crippen LogP contribution in [0.25, 0.3) is 18.5 Å². The van der Waals surface area contributed by atoms with Crippen molar-refractivity contribution in [3.63, 3.8) is 0 Å². The monoisotopic (exact) mass is 393 g/mol. The van der Waals surface area contributed by atoms with Crippen LogP contribution in [-0.4, -0.2) is 20.6 Å². The number of hydrazine groups is 1. The maximum absolute atomic E-state index is 12.7. The number of rotatable bonds is 5. The molecule has 9 heteroatoms. The van der Waals surface area contributed by atoms with E-state index in [-0.39, 0.29) is 22.0 Å². The topological polar surface area (TPSA) is 122 Å². The van der Waals surface area contributed by atoms with E-state index in [0.29, 0.717) is 11.0 Å². The fourth-order valence-electron chi connectivity index (χ4n) is 2.76. The summed E-state index contributed by atoms with van der Waals surface area (Å²) in [5, 5.41) is 14.5. The summed E-state index contributed by atoms with van der Waals surface area (Å²) in [5.41, 5.74) is 6.86. The van der Waals surface area contributed by atoms with Crippen molar-refractivity contribution in [2.45, 2.75) is 13.8 Å². The second kappa shape index (κ2) is 7.85. The molecule has 0 unspecified atom stereocenters. The lowest BCUT2D eigenvalue weighted by Gasteiger charge is -2.05. The van der Waals surface area contributed by atoms with Gasteiger partial charge in [0, 0.05) is 12.3 Å². The molecule has 0 radical (unpaired) electrons. The summed E-state index contributed by atoms with van der Waals surface area (Å²) in [7, 11) is 0. The number of benzene rings is 2. The van der Waals surface area contributed by atoms with Gasteiger partial charge in [-0.2, -0.15) is 0 Å². The molecule has 29 heavy (non-hydrogen) atoms. The summed E-state index contributed by atoms with van der Waals surface area (Å²) < 4.78 is 1.35. The van der Waals surface area contributed by atoms with Crippen LogP contribution in [0.5, 0.6) is 0 Å². The van der Waals surface area contributed by atoms with Crippen molar-refractivity contribution in [2.75, 3.05) is 0 Å². The van der Waals surface area contributed by atoms with E-state index in [1.165, 1.54) is 35.1 Å². The molecular weight excluding hydrogens is 374 g/mol. The van der Waals surface area contributed by atoms with Crippen LogP contribution in [0, 0.1) is 24.0 Å². The minimum absolute atomic E-state index is 0.102. The summed E-state index contributed by atoms with van der Waals surface area (Å²) >= 11 is 0. The number of hydrogen-bond acceptors (Lipinski definition) is 5. The van der Waals surface area contributed by atoms with Crippen LogP contribution in [0.15, 0.2) is 47.3 Å². The normalized spacial score (nSPS) is 11.3. The number of aromatic amines is 1. The summed E-state index contributed by atoms with van der Waals surface area (Å²) in [6.45, 7) is 7.74. The van der Waals surface area contributed by atoms with Crippen LogP contribution >= 0.6 is 0 Å². The molecule has 9 nitrogen and oxygen atoms in total. The fourth-order valence-corrected chi connectivity index (χ4v) is 2.76. The fraction of sp³-hybridized carbons (Fsp3) is 0.100. The van der Waals surface area contributed by atoms with Gasteiger partial charge in [0.05, 0.1) is 21.2 Å². The number of carbonyl (C=O) groups excluding carboxylic acids is 1. The molecule has 0 saturated carbocycles. The van der Waals surface area contributed by atoms with Crippen molar-refractivity contribution >= 4 is 24.4 Å². The second-order valence-electron chi connectivity index (χ2n) is 6.43. The third-order valence-corrected chi connectivity index (χ3v) is 4.50. The van der Waals surface area contributed by atoms with Crippen LogP contribution in [0.4, 0.5) is 5.69 Å². The van der Waals surface area contributed by atoms with E-state index in [4.69, 9.17) is 0 Å². The van der Waals surface area contributed by atoms with E-state index in [0.717, 1.165) is 11.1 Å². The van der Waals surface area contributed by atoms with Gasteiger partial charge in [0.2, 0.25) is 0 Å². The number of nitrogens with zero attached hydrogens (tertiary/aromatic N) is 2. The maximum Gasteiger partial charge on any atom is 0.282 e. The lowest BCUT2D eigenvalue weighted by atomic mass is 10.1. The van der Waals surface area contributed by atoms with Gasteiger partial charge in [-0.1, -0.05) is 24.8 Å². The first-order chi connectivity index (χ1) is 13.8. The third-order valence-electron chi connectivity index (χ3n) is 4.50. The minimum atomic E-state index is -0.704. The maximum atomic E-state index is 12.7. The highest BCUT2D eigenvalue weighted by Gasteiger charge is 2.18. The Labute approximate surface area is 165 Å². The van der Waals surface area contributed by atoms with Crippen LogP contribution in [0.2, 0.25) is 0 Å². The van der Waals surface area contributed by atoms with Gasteiger partial charge in [-0.05, 0) is 43.2 Å². The lowest BCUT2D eigenvalue weighted by molar-refractivity contribution is -0.385. The second-order valence-corrected chi connectivity index (χ2v) is 6.43. The van der Waals surface area contributed by atoms with Crippen LogP contribution in [0.3, 0.4) is 0 Å². The number of hydrogen-bond donors (Lipinski definition) is 3. The van der Waals surface area contributed by atoms with Gasteiger partial charge < -0.3 is 5.43 Å². The number of nitro groups is 1. The quantitative estimate of drug-likeness (QED) is 0.437. The van der Waals surface area contributed by atoms with Crippen molar-refractivity contribution < 1.29 is 9.72 Å². The minimum Gasteiger partial charge on any atom is -0.305 e. The largest absolute Gasteiger partial charge is 0.305 e. The molecule has 2 aromatic carbocycles. The first kappa shape index (κ1) is 19.6. The molecule has 0 aliphatic rings. The molecule has 0 aliphatic heterocycles. The van der Waals surface area contributed by atoms with Gasteiger partial charge >= 0.3 is 0 Å². The average Bonchev–Trinajstić information content (AvgIpc) is 2.98. The SMILES string of the molecule is C=c1[nH]n(-c2ccc(C)c(C)c2)c(=O)c1=CNNC(=O)c1ccccc1[N+](=O)[O-]. The van der Waals surface area contributed by atoms with Crippen LogP contribution in [-0.2, 0) is 0 Å². The smallest absolute Gasteiger partial charge is 0.282 e. The summed E-state index contributed by atoms with van der Waals surface area (Å²) in [6, 6.07) is 11.2. The van der Waals surface area contributed by atoms with Gasteiger partial charge in [-0.25, -0.2) is 4.68 Å². The van der Waals surface area contributed by atoms with Crippen LogP contribution in [0.1, 0.15) is 21.5 Å².